The predicted octanol–water partition coefficient (Wildman–Crippen LogP) is 3.68. The summed E-state index contributed by atoms with van der Waals surface area (Å²) in [5.74, 6) is -0.206. The van der Waals surface area contributed by atoms with Gasteiger partial charge in [-0.25, -0.2) is 9.97 Å². The minimum absolute atomic E-state index is 0.0371. The monoisotopic (exact) mass is 410 g/mol. The van der Waals surface area contributed by atoms with Gasteiger partial charge in [0.1, 0.15) is 6.33 Å². The predicted molar refractivity (Wildman–Crippen MR) is 102 cm³/mol. The van der Waals surface area contributed by atoms with Crippen LogP contribution in [0.4, 0.5) is 36.2 Å². The van der Waals surface area contributed by atoms with Crippen LogP contribution in [0.15, 0.2) is 30.6 Å². The third-order valence-corrected chi connectivity index (χ3v) is 5.04. The number of halogens is 3. The summed E-state index contributed by atoms with van der Waals surface area (Å²) in [5, 5.41) is 14.3. The number of anilines is 3. The van der Waals surface area contributed by atoms with Crippen LogP contribution in [0.25, 0.3) is 0 Å². The van der Waals surface area contributed by atoms with Gasteiger partial charge in [-0.15, -0.1) is 0 Å². The van der Waals surface area contributed by atoms with E-state index in [0.29, 0.717) is 0 Å². The molecule has 11 heteroatoms. The summed E-state index contributed by atoms with van der Waals surface area (Å²) in [4.78, 5) is 22.9. The van der Waals surface area contributed by atoms with E-state index in [9.17, 15) is 23.3 Å². The Bertz CT molecular complexity index is 884. The first kappa shape index (κ1) is 20.8. The molecule has 0 spiro atoms. The van der Waals surface area contributed by atoms with Gasteiger partial charge in [0.05, 0.1) is 16.2 Å². The highest BCUT2D eigenvalue weighted by Crippen LogP contribution is 2.39. The lowest BCUT2D eigenvalue weighted by molar-refractivity contribution is -0.383. The standard InChI is InChI=1S/C18H21F3N6O2/c1-25-9-7-12(8-10-25)26(2)17-15(27(28)29)16(22-11-23-17)24-14-6-4-3-5-13(14)18(19,20)21/h3-6,11-12H,7-10H2,1-2H3,(H,22,23,24). The molecule has 156 valence electrons. The van der Waals surface area contributed by atoms with Crippen LogP contribution >= 0.6 is 0 Å². The maximum Gasteiger partial charge on any atom is 0.418 e. The van der Waals surface area contributed by atoms with Gasteiger partial charge in [-0.3, -0.25) is 10.1 Å². The molecule has 0 radical (unpaired) electrons. The van der Waals surface area contributed by atoms with E-state index in [-0.39, 0.29) is 23.4 Å². The normalized spacial score (nSPS) is 15.9. The van der Waals surface area contributed by atoms with Crippen LogP contribution in [0.1, 0.15) is 18.4 Å². The molecule has 29 heavy (non-hydrogen) atoms. The van der Waals surface area contributed by atoms with E-state index in [4.69, 9.17) is 0 Å². The lowest BCUT2D eigenvalue weighted by Gasteiger charge is -2.35. The molecule has 0 atom stereocenters. The molecule has 1 aromatic carbocycles. The van der Waals surface area contributed by atoms with Crippen LogP contribution in [0.5, 0.6) is 0 Å². The van der Waals surface area contributed by atoms with E-state index in [1.54, 1.807) is 11.9 Å². The summed E-state index contributed by atoms with van der Waals surface area (Å²) >= 11 is 0. The molecule has 0 amide bonds. The van der Waals surface area contributed by atoms with Crippen LogP contribution in [0.3, 0.4) is 0 Å². The number of nitrogens with zero attached hydrogens (tertiary/aromatic N) is 5. The zero-order valence-corrected chi connectivity index (χ0v) is 16.0. The number of hydrogen-bond donors (Lipinski definition) is 1. The van der Waals surface area contributed by atoms with Crippen molar-refractivity contribution in [1.29, 1.82) is 0 Å². The number of nitrogens with one attached hydrogen (secondary N) is 1. The number of rotatable bonds is 5. The maximum atomic E-state index is 13.3. The number of para-hydroxylation sites is 1. The van der Waals surface area contributed by atoms with E-state index < -0.39 is 22.4 Å². The SMILES string of the molecule is CN1CCC(N(C)c2ncnc(Nc3ccccc3C(F)(F)F)c2[N+](=O)[O-])CC1. The second-order valence-corrected chi connectivity index (χ2v) is 6.97. The Morgan fingerprint density at radius 3 is 2.52 bits per heavy atom. The van der Waals surface area contributed by atoms with Crippen LogP contribution in [0.2, 0.25) is 0 Å². The summed E-state index contributed by atoms with van der Waals surface area (Å²) in [6.07, 6.45) is -1.90. The van der Waals surface area contributed by atoms with Gasteiger partial charge in [-0.1, -0.05) is 12.1 Å². The van der Waals surface area contributed by atoms with Gasteiger partial charge in [0.25, 0.3) is 0 Å². The fourth-order valence-corrected chi connectivity index (χ4v) is 3.41. The first-order valence-corrected chi connectivity index (χ1v) is 9.02. The van der Waals surface area contributed by atoms with Crippen molar-refractivity contribution < 1.29 is 18.1 Å². The van der Waals surface area contributed by atoms with Crippen LogP contribution in [-0.4, -0.2) is 53.0 Å². The maximum absolute atomic E-state index is 13.3. The molecular weight excluding hydrogens is 389 g/mol. The highest BCUT2D eigenvalue weighted by molar-refractivity contribution is 5.75. The summed E-state index contributed by atoms with van der Waals surface area (Å²) in [7, 11) is 3.71. The average Bonchev–Trinajstić information content (AvgIpc) is 2.67. The van der Waals surface area contributed by atoms with E-state index >= 15 is 0 Å². The van der Waals surface area contributed by atoms with Crippen molar-refractivity contribution in [1.82, 2.24) is 14.9 Å². The lowest BCUT2D eigenvalue weighted by atomic mass is 10.0. The van der Waals surface area contributed by atoms with Gasteiger partial charge in [0, 0.05) is 13.1 Å². The number of alkyl halides is 3. The minimum atomic E-state index is -4.61. The van der Waals surface area contributed by atoms with Crippen LogP contribution in [0, 0.1) is 10.1 Å². The topological polar surface area (TPSA) is 87.4 Å². The molecule has 0 unspecified atom stereocenters. The molecule has 8 nitrogen and oxygen atoms in total. The highest BCUT2D eigenvalue weighted by atomic mass is 19.4. The average molecular weight is 410 g/mol. The van der Waals surface area contributed by atoms with Crippen molar-refractivity contribution in [3.8, 4) is 0 Å². The van der Waals surface area contributed by atoms with Crippen molar-refractivity contribution in [3.63, 3.8) is 0 Å². The molecule has 1 fully saturated rings. The quantitative estimate of drug-likeness (QED) is 0.594. The Hall–Kier alpha value is -2.95. The van der Waals surface area contributed by atoms with Crippen molar-refractivity contribution >= 4 is 23.0 Å². The number of likely N-dealkylation sites (tertiary alicyclic amines) is 1. The van der Waals surface area contributed by atoms with Gasteiger partial charge in [0.15, 0.2) is 0 Å². The lowest BCUT2D eigenvalue weighted by Crippen LogP contribution is -2.42. The van der Waals surface area contributed by atoms with Gasteiger partial charge in [0.2, 0.25) is 11.6 Å². The smallest absolute Gasteiger partial charge is 0.351 e. The Labute approximate surface area is 165 Å². The van der Waals surface area contributed by atoms with Gasteiger partial charge in [-0.2, -0.15) is 13.2 Å². The molecule has 0 aliphatic carbocycles. The van der Waals surface area contributed by atoms with Gasteiger partial charge < -0.3 is 15.1 Å². The second kappa shape index (κ2) is 8.19. The fourth-order valence-electron chi connectivity index (χ4n) is 3.41. The van der Waals surface area contributed by atoms with Crippen LogP contribution in [-0.2, 0) is 6.18 Å². The van der Waals surface area contributed by atoms with E-state index in [1.807, 2.05) is 7.05 Å². The first-order chi connectivity index (χ1) is 13.7. The highest BCUT2D eigenvalue weighted by Gasteiger charge is 2.35. The zero-order chi connectivity index (χ0) is 21.2. The molecule has 1 aliphatic rings. The third-order valence-electron chi connectivity index (χ3n) is 5.04. The van der Waals surface area contributed by atoms with E-state index in [2.05, 4.69) is 20.2 Å². The molecule has 0 saturated carbocycles. The Kier molecular flexibility index (Phi) is 5.87. The first-order valence-electron chi connectivity index (χ1n) is 9.02. The Morgan fingerprint density at radius 1 is 1.24 bits per heavy atom. The molecule has 2 aromatic rings. The molecule has 1 saturated heterocycles. The number of piperidine rings is 1. The summed E-state index contributed by atoms with van der Waals surface area (Å²) in [6.45, 7) is 1.69. The van der Waals surface area contributed by atoms with E-state index in [0.717, 1.165) is 38.3 Å². The summed E-state index contributed by atoms with van der Waals surface area (Å²) < 4.78 is 39.8. The molecule has 0 bridgehead atoms. The minimum Gasteiger partial charge on any atom is -0.351 e. The van der Waals surface area contributed by atoms with Crippen LogP contribution < -0.4 is 10.2 Å². The number of benzene rings is 1. The fraction of sp³-hybridized carbons (Fsp3) is 0.444. The summed E-state index contributed by atoms with van der Waals surface area (Å²) in [6, 6.07) is 4.81. The van der Waals surface area contributed by atoms with Gasteiger partial charge >= 0.3 is 11.9 Å². The number of nitro groups is 1. The third kappa shape index (κ3) is 4.56. The van der Waals surface area contributed by atoms with Crippen molar-refractivity contribution in [2.45, 2.75) is 25.1 Å². The largest absolute Gasteiger partial charge is 0.418 e. The Morgan fingerprint density at radius 2 is 1.90 bits per heavy atom. The number of aromatic nitrogens is 2. The molecular formula is C18H21F3N6O2. The molecule has 1 aromatic heterocycles. The van der Waals surface area contributed by atoms with Crippen molar-refractivity contribution in [2.24, 2.45) is 0 Å². The molecule has 1 aliphatic heterocycles. The zero-order valence-electron chi connectivity index (χ0n) is 16.0. The second-order valence-electron chi connectivity index (χ2n) is 6.97. The van der Waals surface area contributed by atoms with Crippen molar-refractivity contribution in [2.75, 3.05) is 37.4 Å². The molecule has 3 rings (SSSR count). The molecule has 1 N–H and O–H groups in total. The van der Waals surface area contributed by atoms with Crippen molar-refractivity contribution in [3.05, 3.63) is 46.3 Å². The molecule has 2 heterocycles. The number of hydrogen-bond acceptors (Lipinski definition) is 7. The summed E-state index contributed by atoms with van der Waals surface area (Å²) in [5.41, 5.74) is -1.70. The van der Waals surface area contributed by atoms with E-state index in [1.165, 1.54) is 18.2 Å². The van der Waals surface area contributed by atoms with Gasteiger partial charge in [-0.05, 0) is 45.1 Å². The Balaban J connectivity index is 1.97.